The second-order valence-corrected chi connectivity index (χ2v) is 7.67. The van der Waals surface area contributed by atoms with Gasteiger partial charge in [-0.2, -0.15) is 0 Å². The van der Waals surface area contributed by atoms with Crippen LogP contribution in [-0.4, -0.2) is 50.7 Å². The van der Waals surface area contributed by atoms with Gasteiger partial charge in [0.2, 0.25) is 0 Å². The molecule has 0 spiro atoms. The van der Waals surface area contributed by atoms with Gasteiger partial charge in [0.15, 0.2) is 0 Å². The molecule has 0 bridgehead atoms. The summed E-state index contributed by atoms with van der Waals surface area (Å²) < 4.78 is 15.8. The highest BCUT2D eigenvalue weighted by Crippen LogP contribution is 2.38. The van der Waals surface area contributed by atoms with Crippen LogP contribution in [0.4, 0.5) is 5.00 Å². The minimum atomic E-state index is -0.396. The molecule has 1 aliphatic heterocycles. The van der Waals surface area contributed by atoms with E-state index >= 15 is 0 Å². The van der Waals surface area contributed by atoms with Crippen molar-refractivity contribution in [1.82, 2.24) is 4.90 Å². The Bertz CT molecular complexity index is 909. The number of ether oxygens (including phenoxy) is 3. The molecule has 156 valence electrons. The van der Waals surface area contributed by atoms with Gasteiger partial charge in [0.25, 0.3) is 5.91 Å². The molecule has 1 N–H and O–H groups in total. The molecule has 0 saturated heterocycles. The molecule has 0 aliphatic carbocycles. The lowest BCUT2D eigenvalue weighted by Gasteiger charge is -2.25. The predicted molar refractivity (Wildman–Crippen MR) is 112 cm³/mol. The zero-order valence-corrected chi connectivity index (χ0v) is 18.0. The maximum Gasteiger partial charge on any atom is 0.341 e. The average molecular weight is 419 g/mol. The number of methoxy groups -OCH3 is 2. The topological polar surface area (TPSA) is 77.1 Å². The quantitative estimate of drug-likeness (QED) is 0.693. The van der Waals surface area contributed by atoms with Gasteiger partial charge in [0.05, 0.1) is 32.0 Å². The largest absolute Gasteiger partial charge is 0.497 e. The van der Waals surface area contributed by atoms with Crippen molar-refractivity contribution in [2.45, 2.75) is 26.8 Å². The number of anilines is 1. The molecule has 0 unspecified atom stereocenters. The Balaban J connectivity index is 1.95. The molecule has 2 heterocycles. The fraction of sp³-hybridized carbons (Fsp3) is 0.429. The van der Waals surface area contributed by atoms with Crippen molar-refractivity contribution in [3.8, 4) is 11.5 Å². The smallest absolute Gasteiger partial charge is 0.341 e. The van der Waals surface area contributed by atoms with Crippen LogP contribution in [0, 0.1) is 0 Å². The van der Waals surface area contributed by atoms with E-state index < -0.39 is 5.97 Å². The molecule has 0 atom stereocenters. The normalized spacial score (nSPS) is 13.5. The van der Waals surface area contributed by atoms with Gasteiger partial charge in [0, 0.05) is 24.0 Å². The van der Waals surface area contributed by atoms with Gasteiger partial charge in [-0.1, -0.05) is 6.92 Å². The molecule has 0 radical (unpaired) electrons. The van der Waals surface area contributed by atoms with E-state index in [1.165, 1.54) is 18.4 Å². The van der Waals surface area contributed by atoms with Crippen LogP contribution in [0.25, 0.3) is 0 Å². The number of fused-ring (bicyclic) bond motifs is 1. The van der Waals surface area contributed by atoms with E-state index in [1.807, 2.05) is 0 Å². The number of rotatable bonds is 7. The molecular formula is C21H26N2O5S. The Hall–Kier alpha value is -2.58. The van der Waals surface area contributed by atoms with Crippen LogP contribution in [0.3, 0.4) is 0 Å². The van der Waals surface area contributed by atoms with Gasteiger partial charge in [-0.15, -0.1) is 11.3 Å². The number of thiophene rings is 1. The Morgan fingerprint density at radius 2 is 2.00 bits per heavy atom. The van der Waals surface area contributed by atoms with Crippen LogP contribution < -0.4 is 14.8 Å². The second kappa shape index (κ2) is 9.28. The third-order valence-corrected chi connectivity index (χ3v) is 6.08. The highest BCUT2D eigenvalue weighted by atomic mass is 32.1. The number of amides is 1. The summed E-state index contributed by atoms with van der Waals surface area (Å²) in [6.45, 7) is 6.76. The Labute approximate surface area is 174 Å². The average Bonchev–Trinajstić information content (AvgIpc) is 3.09. The van der Waals surface area contributed by atoms with E-state index in [-0.39, 0.29) is 12.5 Å². The van der Waals surface area contributed by atoms with Crippen LogP contribution in [0.5, 0.6) is 11.5 Å². The second-order valence-electron chi connectivity index (χ2n) is 6.57. The fourth-order valence-electron chi connectivity index (χ4n) is 3.39. The number of carbonyl (C=O) groups excluding carboxylic acids is 2. The first kappa shape index (κ1) is 21.1. The van der Waals surface area contributed by atoms with Crippen molar-refractivity contribution in [3.05, 3.63) is 39.8 Å². The van der Waals surface area contributed by atoms with E-state index in [2.05, 4.69) is 17.1 Å². The summed E-state index contributed by atoms with van der Waals surface area (Å²) in [5, 5.41) is 3.43. The van der Waals surface area contributed by atoms with Gasteiger partial charge < -0.3 is 19.5 Å². The molecule has 0 saturated carbocycles. The molecule has 8 heteroatoms. The van der Waals surface area contributed by atoms with Gasteiger partial charge in [0.1, 0.15) is 16.5 Å². The summed E-state index contributed by atoms with van der Waals surface area (Å²) >= 11 is 1.44. The molecular weight excluding hydrogens is 392 g/mol. The van der Waals surface area contributed by atoms with Gasteiger partial charge in [-0.05, 0) is 37.6 Å². The Kier molecular flexibility index (Phi) is 6.76. The highest BCUT2D eigenvalue weighted by Gasteiger charge is 2.29. The molecule has 2 aromatic rings. The van der Waals surface area contributed by atoms with Gasteiger partial charge in [-0.3, -0.25) is 9.69 Å². The SMILES string of the molecule is CCOC(=O)c1c(NC(=O)c2ccc(OC)cc2OC)sc2c1CCN(CC)C2. The number of hydrogen-bond donors (Lipinski definition) is 1. The predicted octanol–water partition coefficient (Wildman–Crippen LogP) is 3.57. The minimum absolute atomic E-state index is 0.282. The van der Waals surface area contributed by atoms with E-state index in [0.717, 1.165) is 36.5 Å². The lowest BCUT2D eigenvalue weighted by atomic mass is 10.0. The number of likely N-dealkylation sites (N-methyl/N-ethyl adjacent to an activating group) is 1. The maximum absolute atomic E-state index is 13.0. The molecule has 1 aromatic carbocycles. The molecule has 7 nitrogen and oxygen atoms in total. The van der Waals surface area contributed by atoms with Crippen LogP contribution in [0.15, 0.2) is 18.2 Å². The van der Waals surface area contributed by atoms with Crippen molar-refractivity contribution in [2.24, 2.45) is 0 Å². The fourth-order valence-corrected chi connectivity index (χ4v) is 4.66. The molecule has 1 aliphatic rings. The van der Waals surface area contributed by atoms with Crippen LogP contribution >= 0.6 is 11.3 Å². The van der Waals surface area contributed by atoms with Crippen LogP contribution in [0.2, 0.25) is 0 Å². The van der Waals surface area contributed by atoms with Crippen molar-refractivity contribution < 1.29 is 23.8 Å². The summed E-state index contributed by atoms with van der Waals surface area (Å²) in [4.78, 5) is 29.0. The molecule has 3 rings (SSSR count). The van der Waals surface area contributed by atoms with E-state index in [9.17, 15) is 9.59 Å². The molecule has 1 aromatic heterocycles. The summed E-state index contributed by atoms with van der Waals surface area (Å²) in [6.07, 6.45) is 0.759. The van der Waals surface area contributed by atoms with Crippen LogP contribution in [-0.2, 0) is 17.7 Å². The Morgan fingerprint density at radius 3 is 2.66 bits per heavy atom. The first-order valence-corrected chi connectivity index (χ1v) is 10.4. The zero-order chi connectivity index (χ0) is 21.0. The number of esters is 1. The number of hydrogen-bond acceptors (Lipinski definition) is 7. The van der Waals surface area contributed by atoms with Gasteiger partial charge >= 0.3 is 5.97 Å². The molecule has 29 heavy (non-hydrogen) atoms. The summed E-state index contributed by atoms with van der Waals surface area (Å²) in [5.41, 5.74) is 1.82. The van der Waals surface area contributed by atoms with Crippen molar-refractivity contribution in [1.29, 1.82) is 0 Å². The van der Waals surface area contributed by atoms with Crippen molar-refractivity contribution in [3.63, 3.8) is 0 Å². The first-order valence-electron chi connectivity index (χ1n) is 9.59. The lowest BCUT2D eigenvalue weighted by molar-refractivity contribution is 0.0526. The first-order chi connectivity index (χ1) is 14.0. The van der Waals surface area contributed by atoms with E-state index in [1.54, 1.807) is 32.2 Å². The zero-order valence-electron chi connectivity index (χ0n) is 17.2. The maximum atomic E-state index is 13.0. The number of nitrogens with zero attached hydrogens (tertiary/aromatic N) is 1. The third kappa shape index (κ3) is 4.38. The minimum Gasteiger partial charge on any atom is -0.497 e. The lowest BCUT2D eigenvalue weighted by Crippen LogP contribution is -2.30. The molecule has 1 amide bonds. The van der Waals surface area contributed by atoms with Gasteiger partial charge in [-0.25, -0.2) is 4.79 Å². The van der Waals surface area contributed by atoms with Crippen molar-refractivity contribution in [2.75, 3.05) is 39.2 Å². The third-order valence-electron chi connectivity index (χ3n) is 4.94. The van der Waals surface area contributed by atoms with Crippen molar-refractivity contribution >= 4 is 28.2 Å². The summed E-state index contributed by atoms with van der Waals surface area (Å²) in [6, 6.07) is 4.99. The monoisotopic (exact) mass is 418 g/mol. The highest BCUT2D eigenvalue weighted by molar-refractivity contribution is 7.17. The standard InChI is InChI=1S/C21H26N2O5S/c1-5-23-10-9-15-17(12-23)29-20(18(15)21(25)28-6-2)22-19(24)14-8-7-13(26-3)11-16(14)27-4/h7-8,11H,5-6,9-10,12H2,1-4H3,(H,22,24). The number of carbonyl (C=O) groups is 2. The van der Waals surface area contributed by atoms with E-state index in [4.69, 9.17) is 14.2 Å². The number of nitrogens with one attached hydrogen (secondary N) is 1. The Morgan fingerprint density at radius 1 is 1.21 bits per heavy atom. The van der Waals surface area contributed by atoms with Crippen LogP contribution in [0.1, 0.15) is 45.0 Å². The molecule has 0 fully saturated rings. The van der Waals surface area contributed by atoms with E-state index in [0.29, 0.717) is 27.6 Å². The summed E-state index contributed by atoms with van der Waals surface area (Å²) in [7, 11) is 3.05. The summed E-state index contributed by atoms with van der Waals surface area (Å²) in [5.74, 6) is 0.253. The number of benzene rings is 1.